The second-order valence-corrected chi connectivity index (χ2v) is 6.69. The van der Waals surface area contributed by atoms with Crippen LogP contribution in [0.2, 0.25) is 0 Å². The molecule has 0 unspecified atom stereocenters. The van der Waals surface area contributed by atoms with Gasteiger partial charge in [0.05, 0.1) is 0 Å². The SMILES string of the molecule is C=C.C=C(C)/C(=C\C=C/C)c1ccc(C)c(-c2ccccc2C)c1.CC.CCCC=O. The zero-order chi connectivity index (χ0) is 24.2. The van der Waals surface area contributed by atoms with E-state index in [-0.39, 0.29) is 0 Å². The third kappa shape index (κ3) is 11.1. The number of hydrogen-bond donors (Lipinski definition) is 0. The Labute approximate surface area is 191 Å². The molecule has 1 heteroatoms. The normalized spacial score (nSPS) is 9.97. The summed E-state index contributed by atoms with van der Waals surface area (Å²) >= 11 is 0. The third-order valence-corrected chi connectivity index (χ3v) is 4.31. The summed E-state index contributed by atoms with van der Waals surface area (Å²) in [6.45, 7) is 24.5. The second kappa shape index (κ2) is 19.1. The van der Waals surface area contributed by atoms with Crippen LogP contribution in [0.25, 0.3) is 16.7 Å². The van der Waals surface area contributed by atoms with Crippen molar-refractivity contribution in [3.05, 3.63) is 103 Å². The van der Waals surface area contributed by atoms with Crippen LogP contribution in [0.4, 0.5) is 0 Å². The molecule has 31 heavy (non-hydrogen) atoms. The van der Waals surface area contributed by atoms with Crippen molar-refractivity contribution in [3.63, 3.8) is 0 Å². The van der Waals surface area contributed by atoms with Crippen LogP contribution in [0.3, 0.4) is 0 Å². The van der Waals surface area contributed by atoms with E-state index in [1.165, 1.54) is 33.4 Å². The smallest absolute Gasteiger partial charge is 0.119 e. The lowest BCUT2D eigenvalue weighted by Gasteiger charge is -2.13. The minimum absolute atomic E-state index is 0.708. The van der Waals surface area contributed by atoms with Gasteiger partial charge in [-0.15, -0.1) is 13.2 Å². The number of carbonyl (C=O) groups is 1. The van der Waals surface area contributed by atoms with E-state index in [4.69, 9.17) is 0 Å². The summed E-state index contributed by atoms with van der Waals surface area (Å²) < 4.78 is 0. The first-order valence-electron chi connectivity index (χ1n) is 11.1. The summed E-state index contributed by atoms with van der Waals surface area (Å²) in [5, 5.41) is 0. The molecule has 0 aromatic heterocycles. The van der Waals surface area contributed by atoms with Crippen molar-refractivity contribution < 1.29 is 4.79 Å². The quantitative estimate of drug-likeness (QED) is 0.259. The van der Waals surface area contributed by atoms with Gasteiger partial charge in [0, 0.05) is 6.42 Å². The van der Waals surface area contributed by atoms with Crippen LogP contribution in [0.5, 0.6) is 0 Å². The fraction of sp³-hybridized carbons (Fsp3) is 0.300. The summed E-state index contributed by atoms with van der Waals surface area (Å²) in [6, 6.07) is 15.2. The lowest BCUT2D eigenvalue weighted by molar-refractivity contribution is -0.107. The molecule has 0 aliphatic rings. The highest BCUT2D eigenvalue weighted by Crippen LogP contribution is 2.31. The zero-order valence-electron chi connectivity index (χ0n) is 20.8. The van der Waals surface area contributed by atoms with Crippen LogP contribution in [0, 0.1) is 13.8 Å². The first kappa shape index (κ1) is 30.3. The van der Waals surface area contributed by atoms with Crippen molar-refractivity contribution >= 4 is 11.9 Å². The van der Waals surface area contributed by atoms with E-state index in [2.05, 4.69) is 95.1 Å². The predicted octanol–water partition coefficient (Wildman–Crippen LogP) is 9.32. The van der Waals surface area contributed by atoms with Crippen molar-refractivity contribution in [2.75, 3.05) is 0 Å². The molecular formula is C30H42O. The first-order chi connectivity index (χ1) is 15.0. The molecule has 0 radical (unpaired) electrons. The van der Waals surface area contributed by atoms with E-state index >= 15 is 0 Å². The Morgan fingerprint density at radius 1 is 0.968 bits per heavy atom. The Balaban J connectivity index is 0. The maximum Gasteiger partial charge on any atom is 0.119 e. The molecule has 0 heterocycles. The molecule has 0 bridgehead atoms. The molecule has 0 amide bonds. The number of aryl methyl sites for hydroxylation is 2. The molecule has 2 aromatic rings. The Kier molecular flexibility index (Phi) is 18.6. The standard InChI is InChI=1S/C22H24.C4H8O.C2H6.C2H4/c1-6-7-11-20(16(2)3)19-14-13-18(5)22(15-19)21-12-9-8-10-17(21)4;1-2-3-4-5;2*1-2/h6-15H,2H2,1,3-5H3;4H,2-3H2,1H3;1-2H3;1-2H2/b7-6-,20-11+;;;. The molecule has 0 spiro atoms. The van der Waals surface area contributed by atoms with E-state index in [1.54, 1.807) is 0 Å². The number of allylic oxidation sites excluding steroid dienone is 5. The molecular weight excluding hydrogens is 376 g/mol. The van der Waals surface area contributed by atoms with Crippen molar-refractivity contribution in [1.29, 1.82) is 0 Å². The number of hydrogen-bond acceptors (Lipinski definition) is 1. The van der Waals surface area contributed by atoms with Gasteiger partial charge in [-0.1, -0.05) is 87.5 Å². The molecule has 0 fully saturated rings. The van der Waals surface area contributed by atoms with Gasteiger partial charge in [0.25, 0.3) is 0 Å². The van der Waals surface area contributed by atoms with Gasteiger partial charge >= 0.3 is 0 Å². The highest BCUT2D eigenvalue weighted by molar-refractivity contribution is 5.83. The molecule has 0 N–H and O–H groups in total. The van der Waals surface area contributed by atoms with Gasteiger partial charge in [0.2, 0.25) is 0 Å². The zero-order valence-corrected chi connectivity index (χ0v) is 20.8. The van der Waals surface area contributed by atoms with Crippen LogP contribution in [-0.2, 0) is 4.79 Å². The van der Waals surface area contributed by atoms with Gasteiger partial charge in [-0.2, -0.15) is 0 Å². The predicted molar refractivity (Wildman–Crippen MR) is 143 cm³/mol. The van der Waals surface area contributed by atoms with Crippen molar-refractivity contribution in [3.8, 4) is 11.1 Å². The monoisotopic (exact) mass is 418 g/mol. The first-order valence-corrected chi connectivity index (χ1v) is 11.1. The molecule has 0 aliphatic heterocycles. The highest BCUT2D eigenvalue weighted by atomic mass is 16.1. The van der Waals surface area contributed by atoms with Crippen molar-refractivity contribution in [2.45, 2.75) is 61.3 Å². The van der Waals surface area contributed by atoms with E-state index in [1.807, 2.05) is 33.8 Å². The minimum atomic E-state index is 0.708. The lowest BCUT2D eigenvalue weighted by Crippen LogP contribution is -1.91. The van der Waals surface area contributed by atoms with Crippen LogP contribution in [-0.4, -0.2) is 6.29 Å². The van der Waals surface area contributed by atoms with E-state index in [0.717, 1.165) is 18.3 Å². The van der Waals surface area contributed by atoms with Gasteiger partial charge < -0.3 is 4.79 Å². The Hall–Kier alpha value is -2.93. The Morgan fingerprint density at radius 2 is 1.55 bits per heavy atom. The summed E-state index contributed by atoms with van der Waals surface area (Å²) in [7, 11) is 0. The Bertz CT molecular complexity index is 837. The maximum absolute atomic E-state index is 9.40. The van der Waals surface area contributed by atoms with Crippen LogP contribution in [0.15, 0.2) is 86.0 Å². The summed E-state index contributed by atoms with van der Waals surface area (Å²) in [6.07, 6.45) is 8.86. The van der Waals surface area contributed by atoms with Gasteiger partial charge in [-0.05, 0) is 73.6 Å². The van der Waals surface area contributed by atoms with Crippen LogP contribution < -0.4 is 0 Å². The fourth-order valence-corrected chi connectivity index (χ4v) is 2.75. The van der Waals surface area contributed by atoms with Crippen LogP contribution in [0.1, 0.15) is 64.2 Å². The summed E-state index contributed by atoms with van der Waals surface area (Å²) in [4.78, 5) is 9.40. The van der Waals surface area contributed by atoms with Crippen LogP contribution >= 0.6 is 0 Å². The van der Waals surface area contributed by atoms with E-state index < -0.39 is 0 Å². The average molecular weight is 419 g/mol. The number of unbranched alkanes of at least 4 members (excludes halogenated alkanes) is 1. The Morgan fingerprint density at radius 3 is 2.00 bits per heavy atom. The molecule has 0 saturated carbocycles. The average Bonchev–Trinajstić information content (AvgIpc) is 2.79. The number of aldehydes is 1. The molecule has 2 aromatic carbocycles. The molecule has 168 valence electrons. The highest BCUT2D eigenvalue weighted by Gasteiger charge is 2.08. The van der Waals surface area contributed by atoms with Gasteiger partial charge in [0.1, 0.15) is 6.29 Å². The fourth-order valence-electron chi connectivity index (χ4n) is 2.75. The minimum Gasteiger partial charge on any atom is -0.303 e. The summed E-state index contributed by atoms with van der Waals surface area (Å²) in [5.74, 6) is 0. The number of benzene rings is 2. The molecule has 1 nitrogen and oxygen atoms in total. The topological polar surface area (TPSA) is 17.1 Å². The molecule has 0 saturated heterocycles. The second-order valence-electron chi connectivity index (χ2n) is 6.69. The third-order valence-electron chi connectivity index (χ3n) is 4.31. The van der Waals surface area contributed by atoms with Gasteiger partial charge in [-0.3, -0.25) is 0 Å². The summed E-state index contributed by atoms with van der Waals surface area (Å²) in [5.41, 5.74) is 8.68. The molecule has 0 atom stereocenters. The molecule has 2 rings (SSSR count). The largest absolute Gasteiger partial charge is 0.303 e. The number of carbonyl (C=O) groups excluding carboxylic acids is 1. The van der Waals surface area contributed by atoms with Crippen molar-refractivity contribution in [1.82, 2.24) is 0 Å². The lowest BCUT2D eigenvalue weighted by atomic mass is 9.91. The van der Waals surface area contributed by atoms with Crippen molar-refractivity contribution in [2.24, 2.45) is 0 Å². The number of rotatable bonds is 6. The van der Waals surface area contributed by atoms with Gasteiger partial charge in [-0.25, -0.2) is 0 Å². The van der Waals surface area contributed by atoms with Gasteiger partial charge in [0.15, 0.2) is 0 Å². The van der Waals surface area contributed by atoms with E-state index in [9.17, 15) is 4.79 Å². The molecule has 0 aliphatic carbocycles. The maximum atomic E-state index is 9.40. The van der Waals surface area contributed by atoms with E-state index in [0.29, 0.717) is 6.42 Å².